The minimum absolute atomic E-state index is 0.152. The van der Waals surface area contributed by atoms with E-state index in [4.69, 9.17) is 18.0 Å². The van der Waals surface area contributed by atoms with Crippen LogP contribution in [0.2, 0.25) is 0 Å². The highest BCUT2D eigenvalue weighted by atomic mass is 32.2. The van der Waals surface area contributed by atoms with Gasteiger partial charge in [-0.2, -0.15) is 0 Å². The number of carbonyl (C=O) groups is 4. The molecule has 1 aromatic carbocycles. The Morgan fingerprint density at radius 2 is 1.96 bits per heavy atom. The maximum Gasteiger partial charge on any atom is 0.265 e. The summed E-state index contributed by atoms with van der Waals surface area (Å²) >= 11 is 6.24. The minimum Gasteiger partial charge on any atom is -0.548 e. The predicted molar refractivity (Wildman–Crippen MR) is 102 cm³/mol. The van der Waals surface area contributed by atoms with Crippen molar-refractivity contribution < 1.29 is 24.3 Å². The smallest absolute Gasteiger partial charge is 0.265 e. The SMILES string of the molecule is CN1C(=O)/C(=C\c2ccc(C(=O)N[C@H](CCC(N)=O)C(=O)[O-])cc2)SC1=S. The van der Waals surface area contributed by atoms with Gasteiger partial charge in [0.25, 0.3) is 11.8 Å². The fourth-order valence-corrected chi connectivity index (χ4v) is 3.38. The molecule has 0 aliphatic carbocycles. The van der Waals surface area contributed by atoms with Gasteiger partial charge in [-0.05, 0) is 30.2 Å². The minimum atomic E-state index is -1.50. The van der Waals surface area contributed by atoms with E-state index >= 15 is 0 Å². The summed E-state index contributed by atoms with van der Waals surface area (Å²) in [6.45, 7) is 0. The van der Waals surface area contributed by atoms with Crippen molar-refractivity contribution in [3.05, 3.63) is 40.3 Å². The quantitative estimate of drug-likeness (QED) is 0.466. The second-order valence-corrected chi connectivity index (χ2v) is 7.39. The zero-order valence-electron chi connectivity index (χ0n) is 14.3. The number of benzene rings is 1. The van der Waals surface area contributed by atoms with Gasteiger partial charge < -0.3 is 21.0 Å². The number of carboxylic acids is 1. The van der Waals surface area contributed by atoms with Gasteiger partial charge in [0.2, 0.25) is 5.91 Å². The van der Waals surface area contributed by atoms with Crippen molar-refractivity contribution in [2.24, 2.45) is 5.73 Å². The van der Waals surface area contributed by atoms with Crippen molar-refractivity contribution in [2.75, 3.05) is 7.05 Å². The van der Waals surface area contributed by atoms with E-state index in [1.54, 1.807) is 25.3 Å². The molecule has 1 fully saturated rings. The first kappa shape index (κ1) is 20.6. The lowest BCUT2D eigenvalue weighted by molar-refractivity contribution is -0.308. The predicted octanol–water partition coefficient (Wildman–Crippen LogP) is -0.369. The Morgan fingerprint density at radius 3 is 2.44 bits per heavy atom. The van der Waals surface area contributed by atoms with Crippen LogP contribution in [0.4, 0.5) is 0 Å². The Kier molecular flexibility index (Phi) is 6.70. The Bertz CT molecular complexity index is 835. The van der Waals surface area contributed by atoms with Crippen LogP contribution in [0.3, 0.4) is 0 Å². The standard InChI is InChI=1S/C17H17N3O5S2/c1-20-15(23)12(27-17(20)26)8-9-2-4-10(5-3-9)14(22)19-11(16(24)25)6-7-13(18)21/h2-5,8,11H,6-7H2,1H3,(H2,18,21)(H,19,22)(H,24,25)/p-1/b12-8+/t11-/m1/s1. The molecule has 27 heavy (non-hydrogen) atoms. The first-order valence-corrected chi connectivity index (χ1v) is 9.03. The van der Waals surface area contributed by atoms with E-state index in [2.05, 4.69) is 5.32 Å². The van der Waals surface area contributed by atoms with Crippen LogP contribution < -0.4 is 16.2 Å². The van der Waals surface area contributed by atoms with Crippen LogP contribution in [0.1, 0.15) is 28.8 Å². The van der Waals surface area contributed by atoms with Gasteiger partial charge in [-0.3, -0.25) is 19.3 Å². The van der Waals surface area contributed by atoms with E-state index in [0.29, 0.717) is 14.8 Å². The Balaban J connectivity index is 2.06. The molecule has 0 saturated carbocycles. The molecule has 1 atom stereocenters. The van der Waals surface area contributed by atoms with Gasteiger partial charge in [-0.15, -0.1) is 0 Å². The number of hydrogen-bond acceptors (Lipinski definition) is 7. The van der Waals surface area contributed by atoms with Crippen LogP contribution in [0.25, 0.3) is 6.08 Å². The first-order chi connectivity index (χ1) is 12.7. The van der Waals surface area contributed by atoms with Crippen molar-refractivity contribution in [1.82, 2.24) is 10.2 Å². The zero-order valence-corrected chi connectivity index (χ0v) is 15.9. The summed E-state index contributed by atoms with van der Waals surface area (Å²) in [5, 5.41) is 13.4. The summed E-state index contributed by atoms with van der Waals surface area (Å²) in [6.07, 6.45) is 1.31. The van der Waals surface area contributed by atoms with Crippen LogP contribution in [0.15, 0.2) is 29.2 Å². The largest absolute Gasteiger partial charge is 0.548 e. The molecule has 1 aliphatic rings. The number of carbonyl (C=O) groups excluding carboxylic acids is 4. The van der Waals surface area contributed by atoms with E-state index in [0.717, 1.165) is 0 Å². The van der Waals surface area contributed by atoms with Crippen molar-refractivity contribution in [1.29, 1.82) is 0 Å². The van der Waals surface area contributed by atoms with Crippen molar-refractivity contribution in [3.8, 4) is 0 Å². The van der Waals surface area contributed by atoms with E-state index < -0.39 is 23.8 Å². The summed E-state index contributed by atoms with van der Waals surface area (Å²) in [6, 6.07) is 4.90. The van der Waals surface area contributed by atoms with Crippen molar-refractivity contribution >= 4 is 58.1 Å². The molecule has 0 radical (unpaired) electrons. The molecule has 1 heterocycles. The normalized spacial score (nSPS) is 16.5. The molecule has 8 nitrogen and oxygen atoms in total. The van der Waals surface area contributed by atoms with E-state index in [1.807, 2.05) is 0 Å². The van der Waals surface area contributed by atoms with Gasteiger partial charge in [0.15, 0.2) is 0 Å². The van der Waals surface area contributed by atoms with Crippen LogP contribution in [0.5, 0.6) is 0 Å². The zero-order chi connectivity index (χ0) is 20.1. The first-order valence-electron chi connectivity index (χ1n) is 7.80. The monoisotopic (exact) mass is 406 g/mol. The van der Waals surface area contributed by atoms with Gasteiger partial charge in [-0.25, -0.2) is 0 Å². The van der Waals surface area contributed by atoms with Crippen LogP contribution in [-0.4, -0.2) is 46.0 Å². The van der Waals surface area contributed by atoms with Crippen LogP contribution in [-0.2, 0) is 14.4 Å². The number of aliphatic carboxylic acids is 1. The second-order valence-electron chi connectivity index (χ2n) is 5.71. The topological polar surface area (TPSA) is 133 Å². The highest BCUT2D eigenvalue weighted by Crippen LogP contribution is 2.31. The van der Waals surface area contributed by atoms with Gasteiger partial charge in [-0.1, -0.05) is 36.1 Å². The van der Waals surface area contributed by atoms with Gasteiger partial charge in [0, 0.05) is 19.0 Å². The highest BCUT2D eigenvalue weighted by Gasteiger charge is 2.28. The Hall–Kier alpha value is -2.72. The molecular formula is C17H16N3O5S2-. The molecule has 3 amide bonds. The molecule has 1 saturated heterocycles. The average Bonchev–Trinajstić information content (AvgIpc) is 2.85. The maximum absolute atomic E-state index is 12.2. The number of thioether (sulfide) groups is 1. The van der Waals surface area contributed by atoms with Crippen molar-refractivity contribution in [2.45, 2.75) is 18.9 Å². The van der Waals surface area contributed by atoms with E-state index in [-0.39, 0.29) is 24.3 Å². The number of nitrogens with one attached hydrogen (secondary N) is 1. The number of hydrogen-bond donors (Lipinski definition) is 2. The van der Waals surface area contributed by atoms with E-state index in [1.165, 1.54) is 28.8 Å². The third kappa shape index (κ3) is 5.38. The lowest BCUT2D eigenvalue weighted by Gasteiger charge is -2.19. The van der Waals surface area contributed by atoms with E-state index in [9.17, 15) is 24.3 Å². The average molecular weight is 406 g/mol. The van der Waals surface area contributed by atoms with Crippen LogP contribution >= 0.6 is 24.0 Å². The lowest BCUT2D eigenvalue weighted by atomic mass is 10.1. The highest BCUT2D eigenvalue weighted by molar-refractivity contribution is 8.26. The summed E-state index contributed by atoms with van der Waals surface area (Å²) in [5.74, 6) is -2.99. The Labute approximate surface area is 164 Å². The fraction of sp³-hybridized carbons (Fsp3) is 0.235. The number of rotatable bonds is 7. The number of likely N-dealkylation sites (N-methyl/N-ethyl adjacent to an activating group) is 1. The number of nitrogens with zero attached hydrogens (tertiary/aromatic N) is 1. The summed E-state index contributed by atoms with van der Waals surface area (Å²) in [7, 11) is 1.60. The molecule has 142 valence electrons. The summed E-state index contributed by atoms with van der Waals surface area (Å²) < 4.78 is 0.464. The molecule has 1 aliphatic heterocycles. The molecular weight excluding hydrogens is 390 g/mol. The number of amides is 3. The van der Waals surface area contributed by atoms with Gasteiger partial charge >= 0.3 is 0 Å². The van der Waals surface area contributed by atoms with Gasteiger partial charge in [0.05, 0.1) is 16.9 Å². The third-order valence-electron chi connectivity index (χ3n) is 3.73. The fourth-order valence-electron chi connectivity index (χ4n) is 2.20. The van der Waals surface area contributed by atoms with Gasteiger partial charge in [0.1, 0.15) is 4.32 Å². The maximum atomic E-state index is 12.2. The molecule has 1 aromatic rings. The molecule has 3 N–H and O–H groups in total. The molecule has 0 spiro atoms. The number of primary amides is 1. The summed E-state index contributed by atoms with van der Waals surface area (Å²) in [5.41, 5.74) is 5.89. The number of nitrogens with two attached hydrogens (primary N) is 1. The lowest BCUT2D eigenvalue weighted by Crippen LogP contribution is -2.48. The molecule has 0 unspecified atom stereocenters. The number of thiocarbonyl (C=S) groups is 1. The second kappa shape index (κ2) is 8.78. The number of carboxylic acid groups (broad SMARTS) is 1. The Morgan fingerprint density at radius 1 is 1.33 bits per heavy atom. The van der Waals surface area contributed by atoms with Crippen LogP contribution in [0, 0.1) is 0 Å². The summed E-state index contributed by atoms with van der Waals surface area (Å²) in [4.78, 5) is 47.9. The molecule has 2 rings (SSSR count). The molecule has 0 aromatic heterocycles. The molecule has 10 heteroatoms. The third-order valence-corrected chi connectivity index (χ3v) is 5.21. The molecule has 0 bridgehead atoms. The van der Waals surface area contributed by atoms with Crippen molar-refractivity contribution in [3.63, 3.8) is 0 Å².